The number of aliphatic hydroxyl groups is 2. The van der Waals surface area contributed by atoms with Gasteiger partial charge in [0.05, 0.1) is 6.10 Å². The minimum absolute atomic E-state index is 0.351. The molecule has 0 aliphatic heterocycles. The molecule has 1 aromatic rings. The number of halogens is 1. The minimum Gasteiger partial charge on any atom is -0.390 e. The van der Waals surface area contributed by atoms with E-state index in [4.69, 9.17) is 17.3 Å². The van der Waals surface area contributed by atoms with Gasteiger partial charge >= 0.3 is 0 Å². The summed E-state index contributed by atoms with van der Waals surface area (Å²) in [6.45, 7) is 4.10. The van der Waals surface area contributed by atoms with Gasteiger partial charge in [0, 0.05) is 5.02 Å². The lowest BCUT2D eigenvalue weighted by Gasteiger charge is -2.19. The first-order valence-corrected chi connectivity index (χ1v) is 5.68. The number of benzene rings is 1. The van der Waals surface area contributed by atoms with Crippen LogP contribution in [-0.4, -0.2) is 22.9 Å². The molecular formula is C12H18ClNO2. The third kappa shape index (κ3) is 2.95. The average Bonchev–Trinajstić information content (AvgIpc) is 2.24. The lowest BCUT2D eigenvalue weighted by Crippen LogP contribution is -2.22. The fourth-order valence-electron chi connectivity index (χ4n) is 1.70. The molecule has 4 N–H and O–H groups in total. The van der Waals surface area contributed by atoms with Crippen molar-refractivity contribution < 1.29 is 10.2 Å². The van der Waals surface area contributed by atoms with Gasteiger partial charge in [-0.1, -0.05) is 23.7 Å². The highest BCUT2D eigenvalue weighted by molar-refractivity contribution is 6.32. The summed E-state index contributed by atoms with van der Waals surface area (Å²) in [5.41, 5.74) is 7.82. The summed E-state index contributed by atoms with van der Waals surface area (Å²) in [6, 6.07) is 3.58. The zero-order valence-electron chi connectivity index (χ0n) is 9.57. The van der Waals surface area contributed by atoms with Crippen LogP contribution in [0.3, 0.4) is 0 Å². The van der Waals surface area contributed by atoms with Crippen LogP contribution >= 0.6 is 11.6 Å². The second-order valence-electron chi connectivity index (χ2n) is 4.06. The molecule has 0 amide bonds. The summed E-state index contributed by atoms with van der Waals surface area (Å²) in [6.07, 6.45) is -1.36. The van der Waals surface area contributed by atoms with E-state index >= 15 is 0 Å². The Bertz CT molecular complexity index is 345. The fraction of sp³-hybridized carbons (Fsp3) is 0.500. The third-order valence-corrected chi connectivity index (χ3v) is 3.22. The van der Waals surface area contributed by atoms with Gasteiger partial charge in [-0.15, -0.1) is 0 Å². The SMILES string of the molecule is Cc1cc(C(O)C(O)CCN)cc(C)c1Cl. The maximum absolute atomic E-state index is 9.91. The van der Waals surface area contributed by atoms with Gasteiger partial charge in [0.15, 0.2) is 0 Å². The van der Waals surface area contributed by atoms with Crippen molar-refractivity contribution in [2.75, 3.05) is 6.54 Å². The van der Waals surface area contributed by atoms with Crippen molar-refractivity contribution >= 4 is 11.6 Å². The smallest absolute Gasteiger partial charge is 0.105 e. The normalized spacial score (nSPS) is 14.9. The Morgan fingerprint density at radius 1 is 1.25 bits per heavy atom. The molecule has 0 radical (unpaired) electrons. The molecule has 16 heavy (non-hydrogen) atoms. The summed E-state index contributed by atoms with van der Waals surface area (Å²) in [7, 11) is 0. The number of hydrogen-bond donors (Lipinski definition) is 3. The quantitative estimate of drug-likeness (QED) is 0.754. The second kappa shape index (κ2) is 5.64. The molecule has 0 spiro atoms. The van der Waals surface area contributed by atoms with Crippen molar-refractivity contribution in [2.45, 2.75) is 32.5 Å². The van der Waals surface area contributed by atoms with E-state index in [1.54, 1.807) is 12.1 Å². The van der Waals surface area contributed by atoms with Crippen molar-refractivity contribution in [3.8, 4) is 0 Å². The van der Waals surface area contributed by atoms with E-state index in [2.05, 4.69) is 0 Å². The number of hydrogen-bond acceptors (Lipinski definition) is 3. The van der Waals surface area contributed by atoms with E-state index in [-0.39, 0.29) is 0 Å². The second-order valence-corrected chi connectivity index (χ2v) is 4.44. The van der Waals surface area contributed by atoms with Crippen LogP contribution in [0, 0.1) is 13.8 Å². The average molecular weight is 244 g/mol. The van der Waals surface area contributed by atoms with Crippen LogP contribution in [0.1, 0.15) is 29.2 Å². The van der Waals surface area contributed by atoms with Crippen LogP contribution in [0.5, 0.6) is 0 Å². The molecule has 0 saturated carbocycles. The van der Waals surface area contributed by atoms with E-state index in [1.165, 1.54) is 0 Å². The molecule has 0 aromatic heterocycles. The summed E-state index contributed by atoms with van der Waals surface area (Å²) in [5.74, 6) is 0. The number of aliphatic hydroxyl groups excluding tert-OH is 2. The van der Waals surface area contributed by atoms with Gasteiger partial charge in [-0.25, -0.2) is 0 Å². The summed E-state index contributed by atoms with van der Waals surface area (Å²) < 4.78 is 0. The van der Waals surface area contributed by atoms with E-state index in [0.717, 1.165) is 11.1 Å². The van der Waals surface area contributed by atoms with Gasteiger partial charge in [0.2, 0.25) is 0 Å². The molecular weight excluding hydrogens is 226 g/mol. The molecule has 0 aliphatic carbocycles. The third-order valence-electron chi connectivity index (χ3n) is 2.63. The van der Waals surface area contributed by atoms with Crippen molar-refractivity contribution in [2.24, 2.45) is 5.73 Å². The van der Waals surface area contributed by atoms with Crippen molar-refractivity contribution in [1.29, 1.82) is 0 Å². The van der Waals surface area contributed by atoms with Crippen molar-refractivity contribution in [3.63, 3.8) is 0 Å². The van der Waals surface area contributed by atoms with Gasteiger partial charge in [0.1, 0.15) is 6.10 Å². The predicted octanol–water partition coefficient (Wildman–Crippen LogP) is 1.70. The Balaban J connectivity index is 2.96. The van der Waals surface area contributed by atoms with E-state index in [9.17, 15) is 10.2 Å². The zero-order valence-corrected chi connectivity index (χ0v) is 10.3. The monoisotopic (exact) mass is 243 g/mol. The lowest BCUT2D eigenvalue weighted by molar-refractivity contribution is 0.0150. The van der Waals surface area contributed by atoms with Crippen LogP contribution < -0.4 is 5.73 Å². The zero-order chi connectivity index (χ0) is 12.3. The van der Waals surface area contributed by atoms with Crippen LogP contribution in [0.15, 0.2) is 12.1 Å². The van der Waals surface area contributed by atoms with E-state index < -0.39 is 12.2 Å². The standard InChI is InChI=1S/C12H18ClNO2/c1-7-5-9(6-8(2)11(7)13)12(16)10(15)3-4-14/h5-6,10,12,15-16H,3-4,14H2,1-2H3. The first-order valence-electron chi connectivity index (χ1n) is 5.30. The number of aryl methyl sites for hydroxylation is 2. The Kier molecular flexibility index (Phi) is 4.74. The molecule has 0 bridgehead atoms. The molecule has 1 aromatic carbocycles. The maximum Gasteiger partial charge on any atom is 0.105 e. The summed E-state index contributed by atoms with van der Waals surface area (Å²) >= 11 is 6.03. The molecule has 90 valence electrons. The predicted molar refractivity (Wildman–Crippen MR) is 65.6 cm³/mol. The van der Waals surface area contributed by atoms with Gasteiger partial charge < -0.3 is 15.9 Å². The first-order chi connectivity index (χ1) is 7.47. The molecule has 0 fully saturated rings. The lowest BCUT2D eigenvalue weighted by atomic mass is 9.98. The topological polar surface area (TPSA) is 66.5 Å². The van der Waals surface area contributed by atoms with Crippen LogP contribution in [-0.2, 0) is 0 Å². The molecule has 3 nitrogen and oxygen atoms in total. The van der Waals surface area contributed by atoms with Crippen LogP contribution in [0.4, 0.5) is 0 Å². The van der Waals surface area contributed by atoms with E-state index in [1.807, 2.05) is 13.8 Å². The molecule has 1 rings (SSSR count). The Labute approximate surface area is 101 Å². The molecule has 4 heteroatoms. The summed E-state index contributed by atoms with van der Waals surface area (Å²) in [4.78, 5) is 0. The Hall–Kier alpha value is -0.610. The molecule has 2 atom stereocenters. The van der Waals surface area contributed by atoms with Gasteiger partial charge in [-0.2, -0.15) is 0 Å². The van der Waals surface area contributed by atoms with Gasteiger partial charge in [-0.05, 0) is 43.5 Å². The molecule has 0 aliphatic rings. The maximum atomic E-state index is 9.91. The molecule has 2 unspecified atom stereocenters. The van der Waals surface area contributed by atoms with Crippen LogP contribution in [0.25, 0.3) is 0 Å². The first kappa shape index (κ1) is 13.5. The molecule has 0 heterocycles. The minimum atomic E-state index is -0.904. The van der Waals surface area contributed by atoms with Crippen LogP contribution in [0.2, 0.25) is 5.02 Å². The highest BCUT2D eigenvalue weighted by Gasteiger charge is 2.18. The summed E-state index contributed by atoms with van der Waals surface area (Å²) in [5, 5.41) is 20.3. The number of nitrogens with two attached hydrogens (primary N) is 1. The highest BCUT2D eigenvalue weighted by atomic mass is 35.5. The van der Waals surface area contributed by atoms with Crippen molar-refractivity contribution in [3.05, 3.63) is 33.8 Å². The van der Waals surface area contributed by atoms with Crippen molar-refractivity contribution in [1.82, 2.24) is 0 Å². The van der Waals surface area contributed by atoms with E-state index in [0.29, 0.717) is 23.6 Å². The van der Waals surface area contributed by atoms with Gasteiger partial charge in [-0.3, -0.25) is 0 Å². The highest BCUT2D eigenvalue weighted by Crippen LogP contribution is 2.27. The van der Waals surface area contributed by atoms with Gasteiger partial charge in [0.25, 0.3) is 0 Å². The fourth-order valence-corrected chi connectivity index (χ4v) is 1.81. The Morgan fingerprint density at radius 3 is 2.19 bits per heavy atom. The molecule has 0 saturated heterocycles. The number of rotatable bonds is 4. The largest absolute Gasteiger partial charge is 0.390 e. The Morgan fingerprint density at radius 2 is 1.75 bits per heavy atom.